The second-order valence-electron chi connectivity index (χ2n) is 5.31. The Labute approximate surface area is 110 Å². The average Bonchev–Trinajstić information content (AvgIpc) is 2.74. The van der Waals surface area contributed by atoms with Gasteiger partial charge in [0.1, 0.15) is 12.2 Å². The molecule has 19 heavy (non-hydrogen) atoms. The standard InChI is InChI=1S/C13H18F2N2O2/c1-4-8-5-9-11(7(8)2)16-17(6-10(18)19)12(9)13(3,14)15/h7-8H,4-6H2,1-3H3,(H,18,19). The molecular weight excluding hydrogens is 254 g/mol. The van der Waals surface area contributed by atoms with Gasteiger partial charge in [0.25, 0.3) is 5.92 Å². The maximum absolute atomic E-state index is 13.8. The smallest absolute Gasteiger partial charge is 0.325 e. The van der Waals surface area contributed by atoms with Crippen LogP contribution >= 0.6 is 0 Å². The number of halogens is 2. The summed E-state index contributed by atoms with van der Waals surface area (Å²) in [4.78, 5) is 10.8. The van der Waals surface area contributed by atoms with Crippen molar-refractivity contribution in [3.63, 3.8) is 0 Å². The van der Waals surface area contributed by atoms with E-state index in [2.05, 4.69) is 5.10 Å². The highest BCUT2D eigenvalue weighted by Gasteiger charge is 2.41. The Kier molecular flexibility index (Phi) is 3.36. The van der Waals surface area contributed by atoms with E-state index in [0.29, 0.717) is 23.6 Å². The second kappa shape index (κ2) is 4.58. The number of carbonyl (C=O) groups is 1. The van der Waals surface area contributed by atoms with Gasteiger partial charge in [0.2, 0.25) is 0 Å². The van der Waals surface area contributed by atoms with Crippen LogP contribution in [0, 0.1) is 5.92 Å². The third kappa shape index (κ3) is 2.35. The van der Waals surface area contributed by atoms with E-state index in [-0.39, 0.29) is 11.6 Å². The number of hydrogen-bond acceptors (Lipinski definition) is 2. The fraction of sp³-hybridized carbons (Fsp3) is 0.692. The molecule has 0 aliphatic heterocycles. The molecule has 0 saturated heterocycles. The molecule has 1 aliphatic carbocycles. The SMILES string of the molecule is CCC1Cc2c(nn(CC(=O)O)c2C(C)(F)F)C1C. The van der Waals surface area contributed by atoms with Crippen molar-refractivity contribution in [1.29, 1.82) is 0 Å². The first-order valence-electron chi connectivity index (χ1n) is 6.45. The highest BCUT2D eigenvalue weighted by atomic mass is 19.3. The van der Waals surface area contributed by atoms with E-state index in [1.165, 1.54) is 0 Å². The molecule has 0 saturated carbocycles. The van der Waals surface area contributed by atoms with Crippen LogP contribution in [0.4, 0.5) is 8.78 Å². The summed E-state index contributed by atoms with van der Waals surface area (Å²) in [5.74, 6) is -3.81. The van der Waals surface area contributed by atoms with Crippen molar-refractivity contribution in [3.8, 4) is 0 Å². The van der Waals surface area contributed by atoms with Gasteiger partial charge in [0.15, 0.2) is 0 Å². The number of aliphatic carboxylic acids is 1. The number of aromatic nitrogens is 2. The predicted octanol–water partition coefficient (Wildman–Crippen LogP) is 2.77. The first kappa shape index (κ1) is 14.0. The Balaban J connectivity index is 2.51. The molecule has 1 aromatic heterocycles. The van der Waals surface area contributed by atoms with E-state index in [1.807, 2.05) is 13.8 Å². The summed E-state index contributed by atoms with van der Waals surface area (Å²) in [6.45, 7) is 4.28. The maximum atomic E-state index is 13.8. The topological polar surface area (TPSA) is 55.1 Å². The Hall–Kier alpha value is -1.46. The minimum absolute atomic E-state index is 0.108. The molecule has 0 fully saturated rings. The summed E-state index contributed by atoms with van der Waals surface area (Å²) in [5, 5.41) is 12.9. The summed E-state index contributed by atoms with van der Waals surface area (Å²) in [5.41, 5.74) is 0.963. The molecule has 6 heteroatoms. The lowest BCUT2D eigenvalue weighted by Gasteiger charge is -2.16. The van der Waals surface area contributed by atoms with Crippen LogP contribution in [0.1, 0.15) is 50.1 Å². The van der Waals surface area contributed by atoms with Gasteiger partial charge >= 0.3 is 5.97 Å². The van der Waals surface area contributed by atoms with E-state index < -0.39 is 18.4 Å². The lowest BCUT2D eigenvalue weighted by Crippen LogP contribution is -2.22. The molecule has 2 rings (SSSR count). The predicted molar refractivity (Wildman–Crippen MR) is 65.3 cm³/mol. The van der Waals surface area contributed by atoms with E-state index in [9.17, 15) is 13.6 Å². The zero-order chi connectivity index (χ0) is 14.4. The van der Waals surface area contributed by atoms with Crippen LogP contribution in [0.2, 0.25) is 0 Å². The van der Waals surface area contributed by atoms with Crippen molar-refractivity contribution in [2.75, 3.05) is 0 Å². The van der Waals surface area contributed by atoms with Crippen molar-refractivity contribution in [3.05, 3.63) is 17.0 Å². The van der Waals surface area contributed by atoms with Crippen LogP contribution in [-0.4, -0.2) is 20.9 Å². The molecule has 0 aromatic carbocycles. The van der Waals surface area contributed by atoms with Gasteiger partial charge in [-0.1, -0.05) is 20.3 Å². The molecule has 0 bridgehead atoms. The summed E-state index contributed by atoms with van der Waals surface area (Å²) >= 11 is 0. The lowest BCUT2D eigenvalue weighted by molar-refractivity contribution is -0.138. The second-order valence-corrected chi connectivity index (χ2v) is 5.31. The molecular formula is C13H18F2N2O2. The van der Waals surface area contributed by atoms with Gasteiger partial charge in [-0.05, 0) is 12.3 Å². The van der Waals surface area contributed by atoms with Crippen LogP contribution in [0.3, 0.4) is 0 Å². The Bertz CT molecular complexity index is 505. The number of nitrogens with zero attached hydrogens (tertiary/aromatic N) is 2. The molecule has 1 N–H and O–H groups in total. The summed E-state index contributed by atoms with van der Waals surface area (Å²) < 4.78 is 28.5. The van der Waals surface area contributed by atoms with E-state index in [4.69, 9.17) is 5.11 Å². The van der Waals surface area contributed by atoms with Gasteiger partial charge in [0, 0.05) is 18.4 Å². The first-order valence-corrected chi connectivity index (χ1v) is 6.45. The van der Waals surface area contributed by atoms with E-state index in [1.54, 1.807) is 0 Å². The van der Waals surface area contributed by atoms with Crippen molar-refractivity contribution in [2.45, 2.75) is 52.0 Å². The van der Waals surface area contributed by atoms with Gasteiger partial charge in [-0.2, -0.15) is 13.9 Å². The average molecular weight is 272 g/mol. The summed E-state index contributed by atoms with van der Waals surface area (Å²) in [7, 11) is 0. The Morgan fingerprint density at radius 3 is 2.68 bits per heavy atom. The summed E-state index contributed by atoms with van der Waals surface area (Å²) in [6, 6.07) is 0. The number of hydrogen-bond donors (Lipinski definition) is 1. The fourth-order valence-electron chi connectivity index (χ4n) is 2.98. The van der Waals surface area contributed by atoms with Crippen LogP contribution in [0.25, 0.3) is 0 Å². The number of alkyl halides is 2. The van der Waals surface area contributed by atoms with Crippen molar-refractivity contribution in [2.24, 2.45) is 5.92 Å². The molecule has 2 atom stereocenters. The number of fused-ring (bicyclic) bond motifs is 1. The highest BCUT2D eigenvalue weighted by Crippen LogP contribution is 2.44. The molecule has 0 amide bonds. The van der Waals surface area contributed by atoms with Crippen LogP contribution in [0.5, 0.6) is 0 Å². The van der Waals surface area contributed by atoms with E-state index in [0.717, 1.165) is 18.0 Å². The molecule has 1 heterocycles. The van der Waals surface area contributed by atoms with Gasteiger partial charge in [0.05, 0.1) is 5.69 Å². The molecule has 1 aromatic rings. The van der Waals surface area contributed by atoms with Gasteiger partial charge in [-0.25, -0.2) is 0 Å². The first-order chi connectivity index (χ1) is 8.75. The lowest BCUT2D eigenvalue weighted by atomic mass is 9.94. The maximum Gasteiger partial charge on any atom is 0.325 e. The minimum atomic E-state index is -3.07. The Morgan fingerprint density at radius 2 is 2.21 bits per heavy atom. The molecule has 106 valence electrons. The van der Waals surface area contributed by atoms with Crippen molar-refractivity contribution >= 4 is 5.97 Å². The molecule has 4 nitrogen and oxygen atoms in total. The zero-order valence-electron chi connectivity index (χ0n) is 11.3. The van der Waals surface area contributed by atoms with Gasteiger partial charge in [-0.3, -0.25) is 9.48 Å². The van der Waals surface area contributed by atoms with E-state index >= 15 is 0 Å². The van der Waals surface area contributed by atoms with Crippen molar-refractivity contribution in [1.82, 2.24) is 9.78 Å². The molecule has 1 aliphatic rings. The number of rotatable bonds is 4. The normalized spacial score (nSPS) is 22.6. The van der Waals surface area contributed by atoms with Crippen molar-refractivity contribution < 1.29 is 18.7 Å². The third-order valence-electron chi connectivity index (χ3n) is 3.91. The quantitative estimate of drug-likeness (QED) is 0.917. The molecule has 0 spiro atoms. The fourth-order valence-corrected chi connectivity index (χ4v) is 2.98. The number of carboxylic acids is 1. The van der Waals surface area contributed by atoms with Gasteiger partial charge < -0.3 is 5.11 Å². The number of carboxylic acid groups (broad SMARTS) is 1. The summed E-state index contributed by atoms with van der Waals surface area (Å²) in [6.07, 6.45) is 1.47. The monoisotopic (exact) mass is 272 g/mol. The molecule has 2 unspecified atom stereocenters. The zero-order valence-corrected chi connectivity index (χ0v) is 11.3. The van der Waals surface area contributed by atoms with Crippen LogP contribution < -0.4 is 0 Å². The van der Waals surface area contributed by atoms with Gasteiger partial charge in [-0.15, -0.1) is 0 Å². The van der Waals surface area contributed by atoms with Crippen LogP contribution in [-0.2, 0) is 23.7 Å². The highest BCUT2D eigenvalue weighted by molar-refractivity contribution is 5.66. The third-order valence-corrected chi connectivity index (χ3v) is 3.91. The largest absolute Gasteiger partial charge is 0.480 e. The minimum Gasteiger partial charge on any atom is -0.480 e. The van der Waals surface area contributed by atoms with Crippen LogP contribution in [0.15, 0.2) is 0 Å². The Morgan fingerprint density at radius 1 is 1.58 bits per heavy atom. The molecule has 0 radical (unpaired) electrons.